The van der Waals surface area contributed by atoms with Crippen molar-refractivity contribution in [3.63, 3.8) is 0 Å². The summed E-state index contributed by atoms with van der Waals surface area (Å²) < 4.78 is 5.70. The second-order valence-corrected chi connectivity index (χ2v) is 4.84. The first-order chi connectivity index (χ1) is 8.97. The number of ether oxygens (including phenoxy) is 1. The summed E-state index contributed by atoms with van der Waals surface area (Å²) in [5, 5.41) is 0.276. The normalized spacial score (nSPS) is 10.4. The molecule has 1 aromatic heterocycles. The molecule has 2 aromatic rings. The summed E-state index contributed by atoms with van der Waals surface area (Å²) >= 11 is 6.04. The molecule has 0 aliphatic heterocycles. The molecule has 0 N–H and O–H groups in total. The molecule has 4 nitrogen and oxygen atoms in total. The Morgan fingerprint density at radius 3 is 2.47 bits per heavy atom. The Morgan fingerprint density at radius 1 is 1.11 bits per heavy atom. The lowest BCUT2D eigenvalue weighted by Crippen LogP contribution is -2.08. The molecule has 0 unspecified atom stereocenters. The first-order valence-electron chi connectivity index (χ1n) is 5.93. The van der Waals surface area contributed by atoms with Crippen LogP contribution in [0.4, 0.5) is 5.69 Å². The number of benzene rings is 1. The van der Waals surface area contributed by atoms with E-state index in [2.05, 4.69) is 9.97 Å². The van der Waals surface area contributed by atoms with Gasteiger partial charge in [-0.1, -0.05) is 17.7 Å². The van der Waals surface area contributed by atoms with E-state index in [1.165, 1.54) is 0 Å². The third-order valence-electron chi connectivity index (χ3n) is 2.78. The minimum atomic E-state index is 0.276. The molecular weight excluding hydrogens is 262 g/mol. The van der Waals surface area contributed by atoms with Gasteiger partial charge < -0.3 is 9.64 Å². The SMILES string of the molecule is Cc1nc(Cl)c(Oc2cccc(N(C)C)c2)nc1C. The van der Waals surface area contributed by atoms with Crippen molar-refractivity contribution in [2.75, 3.05) is 19.0 Å². The molecule has 1 heterocycles. The fourth-order valence-electron chi connectivity index (χ4n) is 1.56. The summed E-state index contributed by atoms with van der Waals surface area (Å²) in [6.45, 7) is 3.74. The standard InChI is InChI=1S/C14H16ClN3O/c1-9-10(2)17-14(13(15)16-9)19-12-7-5-6-11(8-12)18(3)4/h5-8H,1-4H3. The maximum atomic E-state index is 6.04. The average Bonchev–Trinajstić information content (AvgIpc) is 2.36. The summed E-state index contributed by atoms with van der Waals surface area (Å²) in [7, 11) is 3.95. The van der Waals surface area contributed by atoms with Crippen LogP contribution in [0.5, 0.6) is 11.6 Å². The van der Waals surface area contributed by atoms with Crippen LogP contribution in [0, 0.1) is 13.8 Å². The van der Waals surface area contributed by atoms with Crippen LogP contribution in [-0.4, -0.2) is 24.1 Å². The lowest BCUT2D eigenvalue weighted by Gasteiger charge is -2.14. The molecule has 5 heteroatoms. The summed E-state index contributed by atoms with van der Waals surface area (Å²) in [4.78, 5) is 10.5. The van der Waals surface area contributed by atoms with Crippen molar-refractivity contribution in [3.8, 4) is 11.6 Å². The molecule has 0 spiro atoms. The quantitative estimate of drug-likeness (QED) is 0.859. The highest BCUT2D eigenvalue weighted by molar-refractivity contribution is 6.30. The number of aryl methyl sites for hydroxylation is 2. The number of rotatable bonds is 3. The molecule has 0 radical (unpaired) electrons. The van der Waals surface area contributed by atoms with Gasteiger partial charge in [-0.05, 0) is 26.0 Å². The molecule has 100 valence electrons. The maximum absolute atomic E-state index is 6.04. The number of anilines is 1. The van der Waals surface area contributed by atoms with Crippen molar-refractivity contribution in [1.29, 1.82) is 0 Å². The average molecular weight is 278 g/mol. The number of hydrogen-bond donors (Lipinski definition) is 0. The van der Waals surface area contributed by atoms with Gasteiger partial charge in [-0.2, -0.15) is 0 Å². The fourth-order valence-corrected chi connectivity index (χ4v) is 1.76. The van der Waals surface area contributed by atoms with Gasteiger partial charge in [-0.3, -0.25) is 0 Å². The zero-order valence-corrected chi connectivity index (χ0v) is 12.2. The van der Waals surface area contributed by atoms with E-state index in [4.69, 9.17) is 16.3 Å². The highest BCUT2D eigenvalue weighted by atomic mass is 35.5. The van der Waals surface area contributed by atoms with Crippen molar-refractivity contribution in [1.82, 2.24) is 9.97 Å². The summed E-state index contributed by atoms with van der Waals surface area (Å²) in [6, 6.07) is 7.71. The number of halogens is 1. The third kappa shape index (κ3) is 3.15. The molecule has 0 fully saturated rings. The highest BCUT2D eigenvalue weighted by Crippen LogP contribution is 2.28. The summed E-state index contributed by atoms with van der Waals surface area (Å²) in [5.41, 5.74) is 2.66. The Hall–Kier alpha value is -1.81. The van der Waals surface area contributed by atoms with Gasteiger partial charge in [0.15, 0.2) is 5.15 Å². The van der Waals surface area contributed by atoms with Gasteiger partial charge >= 0.3 is 0 Å². The number of nitrogens with zero attached hydrogens (tertiary/aromatic N) is 3. The van der Waals surface area contributed by atoms with Crippen LogP contribution in [0.25, 0.3) is 0 Å². The van der Waals surface area contributed by atoms with Gasteiger partial charge in [-0.25, -0.2) is 9.97 Å². The molecule has 19 heavy (non-hydrogen) atoms. The Kier molecular flexibility index (Phi) is 3.90. The number of aromatic nitrogens is 2. The minimum Gasteiger partial charge on any atom is -0.436 e. The van der Waals surface area contributed by atoms with Gasteiger partial charge in [-0.15, -0.1) is 0 Å². The lowest BCUT2D eigenvalue weighted by molar-refractivity contribution is 0.458. The van der Waals surface area contributed by atoms with Crippen molar-refractivity contribution in [2.45, 2.75) is 13.8 Å². The number of hydrogen-bond acceptors (Lipinski definition) is 4. The van der Waals surface area contributed by atoms with Crippen molar-refractivity contribution < 1.29 is 4.74 Å². The Morgan fingerprint density at radius 2 is 1.79 bits per heavy atom. The molecule has 0 atom stereocenters. The topological polar surface area (TPSA) is 38.2 Å². The van der Waals surface area contributed by atoms with Gasteiger partial charge in [0.05, 0.1) is 11.4 Å². The van der Waals surface area contributed by atoms with E-state index < -0.39 is 0 Å². The molecule has 2 rings (SSSR count). The zero-order valence-electron chi connectivity index (χ0n) is 11.4. The van der Waals surface area contributed by atoms with Gasteiger partial charge in [0, 0.05) is 25.8 Å². The van der Waals surface area contributed by atoms with E-state index in [0.717, 1.165) is 17.1 Å². The van der Waals surface area contributed by atoms with Crippen molar-refractivity contribution >= 4 is 17.3 Å². The largest absolute Gasteiger partial charge is 0.436 e. The Bertz CT molecular complexity index is 599. The first kappa shape index (κ1) is 13.6. The smallest absolute Gasteiger partial charge is 0.257 e. The predicted molar refractivity (Wildman–Crippen MR) is 77.4 cm³/mol. The van der Waals surface area contributed by atoms with Crippen LogP contribution in [-0.2, 0) is 0 Å². The second-order valence-electron chi connectivity index (χ2n) is 4.48. The van der Waals surface area contributed by atoms with Crippen LogP contribution in [0.3, 0.4) is 0 Å². The molecule has 1 aromatic carbocycles. The Balaban J connectivity index is 2.31. The maximum Gasteiger partial charge on any atom is 0.257 e. The van der Waals surface area contributed by atoms with Crippen LogP contribution in [0.1, 0.15) is 11.4 Å². The summed E-state index contributed by atoms with van der Waals surface area (Å²) in [6.07, 6.45) is 0. The lowest BCUT2D eigenvalue weighted by atomic mass is 10.3. The molecule has 0 saturated heterocycles. The summed E-state index contributed by atoms with van der Waals surface area (Å²) in [5.74, 6) is 1.02. The fraction of sp³-hybridized carbons (Fsp3) is 0.286. The van der Waals surface area contributed by atoms with Crippen molar-refractivity contribution in [2.24, 2.45) is 0 Å². The van der Waals surface area contributed by atoms with Gasteiger partial charge in [0.1, 0.15) is 5.75 Å². The first-order valence-corrected chi connectivity index (χ1v) is 6.31. The predicted octanol–water partition coefficient (Wildman–Crippen LogP) is 3.61. The van der Waals surface area contributed by atoms with E-state index in [0.29, 0.717) is 11.6 Å². The van der Waals surface area contributed by atoms with Crippen LogP contribution in [0.15, 0.2) is 24.3 Å². The molecule has 0 aliphatic carbocycles. The van der Waals surface area contributed by atoms with E-state index in [9.17, 15) is 0 Å². The van der Waals surface area contributed by atoms with Crippen LogP contribution >= 0.6 is 11.6 Å². The monoisotopic (exact) mass is 277 g/mol. The van der Waals surface area contributed by atoms with E-state index in [-0.39, 0.29) is 5.15 Å². The van der Waals surface area contributed by atoms with Crippen LogP contribution in [0.2, 0.25) is 5.15 Å². The molecule has 0 saturated carbocycles. The Labute approximate surface area is 118 Å². The van der Waals surface area contributed by atoms with E-state index >= 15 is 0 Å². The van der Waals surface area contributed by atoms with Crippen LogP contribution < -0.4 is 9.64 Å². The molecular formula is C14H16ClN3O. The second kappa shape index (κ2) is 5.45. The van der Waals surface area contributed by atoms with E-state index in [1.807, 2.05) is 57.1 Å². The minimum absolute atomic E-state index is 0.276. The van der Waals surface area contributed by atoms with Crippen molar-refractivity contribution in [3.05, 3.63) is 40.8 Å². The zero-order chi connectivity index (χ0) is 14.0. The molecule has 0 bridgehead atoms. The van der Waals surface area contributed by atoms with Gasteiger partial charge in [0.2, 0.25) is 0 Å². The molecule has 0 aliphatic rings. The van der Waals surface area contributed by atoms with Gasteiger partial charge in [0.25, 0.3) is 5.88 Å². The third-order valence-corrected chi connectivity index (χ3v) is 3.03. The van der Waals surface area contributed by atoms with E-state index in [1.54, 1.807) is 0 Å². The molecule has 0 amide bonds. The highest BCUT2D eigenvalue weighted by Gasteiger charge is 2.10.